The number of benzene rings is 2. The normalized spacial score (nSPS) is 14.3. The van der Waals surface area contributed by atoms with Crippen LogP contribution in [0.5, 0.6) is 5.75 Å². The molecule has 0 atom stereocenters. The van der Waals surface area contributed by atoms with E-state index in [-0.39, 0.29) is 45.1 Å². The van der Waals surface area contributed by atoms with Crippen LogP contribution in [0.1, 0.15) is 16.7 Å². The molecular weight excluding hydrogens is 670 g/mol. The molecule has 2 aromatic heterocycles. The number of nitrogens with one attached hydrogen (secondary N) is 1. The number of amidine groups is 1. The zero-order valence-electron chi connectivity index (χ0n) is 24.3. The number of carbonyl (C=O) groups is 2. The quantitative estimate of drug-likeness (QED) is 0.215. The van der Waals surface area contributed by atoms with Crippen LogP contribution in [0.2, 0.25) is 0 Å². The fourth-order valence-corrected chi connectivity index (χ4v) is 5.14. The Morgan fingerprint density at radius 1 is 1.10 bits per heavy atom. The third-order valence-electron chi connectivity index (χ3n) is 6.29. The van der Waals surface area contributed by atoms with Crippen molar-refractivity contribution in [3.8, 4) is 29.0 Å². The van der Waals surface area contributed by atoms with Crippen LogP contribution in [0.15, 0.2) is 66.0 Å². The molecule has 48 heavy (non-hydrogen) atoms. The van der Waals surface area contributed by atoms with Crippen LogP contribution in [0, 0.1) is 18.3 Å². The van der Waals surface area contributed by atoms with Gasteiger partial charge in [0, 0.05) is 11.1 Å². The first-order valence-electron chi connectivity index (χ1n) is 13.5. The molecule has 1 aliphatic heterocycles. The van der Waals surface area contributed by atoms with Gasteiger partial charge in [0.1, 0.15) is 24.8 Å². The van der Waals surface area contributed by atoms with Crippen molar-refractivity contribution < 1.29 is 45.4 Å². The first-order chi connectivity index (χ1) is 22.7. The van der Waals surface area contributed by atoms with Gasteiger partial charge in [-0.25, -0.2) is 19.4 Å². The molecular formula is C29H20F6N8O4S. The van der Waals surface area contributed by atoms with E-state index in [1.54, 1.807) is 19.1 Å². The van der Waals surface area contributed by atoms with E-state index in [4.69, 9.17) is 4.74 Å². The lowest BCUT2D eigenvalue weighted by atomic mass is 10.1. The number of thioether (sulfide) groups is 1. The summed E-state index contributed by atoms with van der Waals surface area (Å²) in [6.45, 7) is -0.216. The molecule has 0 bridgehead atoms. The number of pyridine rings is 1. The van der Waals surface area contributed by atoms with Gasteiger partial charge in [0.15, 0.2) is 16.8 Å². The summed E-state index contributed by atoms with van der Waals surface area (Å²) in [6.07, 6.45) is -7.29. The van der Waals surface area contributed by atoms with Gasteiger partial charge in [-0.1, -0.05) is 23.9 Å². The molecule has 0 unspecified atom stereocenters. The molecule has 0 saturated carbocycles. The summed E-state index contributed by atoms with van der Waals surface area (Å²) < 4.78 is 84.9. The lowest BCUT2D eigenvalue weighted by molar-refractivity contribution is -0.274. The number of hydrogen-bond donors (Lipinski definition) is 1. The largest absolute Gasteiger partial charge is 0.573 e. The van der Waals surface area contributed by atoms with E-state index in [0.29, 0.717) is 11.1 Å². The molecule has 0 aliphatic carbocycles. The van der Waals surface area contributed by atoms with Crippen molar-refractivity contribution in [2.75, 3.05) is 22.6 Å². The van der Waals surface area contributed by atoms with Crippen LogP contribution in [-0.4, -0.2) is 61.8 Å². The summed E-state index contributed by atoms with van der Waals surface area (Å²) in [6, 6.07) is 12.3. The maximum Gasteiger partial charge on any atom is 0.573 e. The Morgan fingerprint density at radius 3 is 2.58 bits per heavy atom. The lowest BCUT2D eigenvalue weighted by Crippen LogP contribution is -2.31. The van der Waals surface area contributed by atoms with Crippen LogP contribution in [0.3, 0.4) is 0 Å². The molecule has 5 rings (SSSR count). The maximum absolute atomic E-state index is 13.0. The van der Waals surface area contributed by atoms with Gasteiger partial charge in [-0.3, -0.25) is 9.69 Å². The number of carbonyl (C=O) groups excluding carboxylic acids is 2. The Kier molecular flexibility index (Phi) is 9.67. The highest BCUT2D eigenvalue weighted by Gasteiger charge is 2.33. The number of alkyl halides is 6. The van der Waals surface area contributed by atoms with Gasteiger partial charge in [-0.2, -0.15) is 23.4 Å². The van der Waals surface area contributed by atoms with E-state index >= 15 is 0 Å². The smallest absolute Gasteiger partial charge is 0.404 e. The number of urea groups is 1. The number of halogens is 6. The number of hydrogen-bond acceptors (Lipinski definition) is 9. The molecule has 12 nitrogen and oxygen atoms in total. The highest BCUT2D eigenvalue weighted by atomic mass is 32.2. The average molecular weight is 691 g/mol. The monoisotopic (exact) mass is 690 g/mol. The Labute approximate surface area is 271 Å². The Hall–Kier alpha value is -5.48. The SMILES string of the molecule is Cc1ccc(COCC(F)(F)F)c(N2C(=O)CS/C2=N\C(=O)Nc2ccc(-c3ncn(-c4ccc(OC(F)(F)F)cn4)n3)cc2C#N)c1. The zero-order valence-corrected chi connectivity index (χ0v) is 25.2. The topological polar surface area (TPSA) is 148 Å². The van der Waals surface area contributed by atoms with Crippen LogP contribution in [0.25, 0.3) is 17.2 Å². The summed E-state index contributed by atoms with van der Waals surface area (Å²) in [7, 11) is 0. The number of rotatable bonds is 8. The summed E-state index contributed by atoms with van der Waals surface area (Å²) in [5.74, 6) is -0.790. The first-order valence-corrected chi connectivity index (χ1v) is 14.5. The van der Waals surface area contributed by atoms with E-state index in [1.165, 1.54) is 41.3 Å². The van der Waals surface area contributed by atoms with Crippen molar-refractivity contribution >= 4 is 40.2 Å². The third-order valence-corrected chi connectivity index (χ3v) is 7.21. The van der Waals surface area contributed by atoms with Gasteiger partial charge in [-0.15, -0.1) is 18.3 Å². The Balaban J connectivity index is 1.32. The van der Waals surface area contributed by atoms with Gasteiger partial charge < -0.3 is 14.8 Å². The highest BCUT2D eigenvalue weighted by Crippen LogP contribution is 2.32. The molecule has 2 aromatic carbocycles. The van der Waals surface area contributed by atoms with Crippen molar-refractivity contribution in [1.29, 1.82) is 5.26 Å². The van der Waals surface area contributed by atoms with Crippen LogP contribution < -0.4 is 15.0 Å². The van der Waals surface area contributed by atoms with Gasteiger partial charge in [-0.05, 0) is 48.9 Å². The van der Waals surface area contributed by atoms with Gasteiger partial charge in [0.05, 0.1) is 35.5 Å². The van der Waals surface area contributed by atoms with Crippen molar-refractivity contribution in [3.05, 3.63) is 77.7 Å². The summed E-state index contributed by atoms with van der Waals surface area (Å²) in [5.41, 5.74) is 1.60. The second-order valence-electron chi connectivity index (χ2n) is 9.87. The molecule has 4 aromatic rings. The minimum atomic E-state index is -4.87. The minimum absolute atomic E-state index is 0.000955. The zero-order chi connectivity index (χ0) is 34.6. The summed E-state index contributed by atoms with van der Waals surface area (Å²) in [4.78, 5) is 38.9. The number of ether oxygens (including phenoxy) is 2. The van der Waals surface area contributed by atoms with E-state index in [1.807, 2.05) is 6.07 Å². The molecule has 1 aliphatic rings. The predicted octanol–water partition coefficient (Wildman–Crippen LogP) is 6.15. The molecule has 19 heteroatoms. The second kappa shape index (κ2) is 13.7. The second-order valence-corrected chi connectivity index (χ2v) is 10.8. The number of aryl methyl sites for hydroxylation is 1. The summed E-state index contributed by atoms with van der Waals surface area (Å²) >= 11 is 0.947. The van der Waals surface area contributed by atoms with Gasteiger partial charge in [0.25, 0.3) is 0 Å². The highest BCUT2D eigenvalue weighted by molar-refractivity contribution is 8.15. The molecule has 248 valence electrons. The van der Waals surface area contributed by atoms with Crippen LogP contribution >= 0.6 is 11.8 Å². The Morgan fingerprint density at radius 2 is 1.90 bits per heavy atom. The van der Waals surface area contributed by atoms with E-state index in [0.717, 1.165) is 28.9 Å². The van der Waals surface area contributed by atoms with Gasteiger partial charge >= 0.3 is 18.6 Å². The van der Waals surface area contributed by atoms with Crippen molar-refractivity contribution in [1.82, 2.24) is 19.7 Å². The molecule has 1 saturated heterocycles. The first kappa shape index (κ1) is 33.9. The number of nitrogens with zero attached hydrogens (tertiary/aromatic N) is 7. The van der Waals surface area contributed by atoms with Crippen molar-refractivity contribution in [2.45, 2.75) is 26.1 Å². The number of amides is 3. The molecule has 0 spiro atoms. The van der Waals surface area contributed by atoms with Crippen LogP contribution in [0.4, 0.5) is 42.5 Å². The van der Waals surface area contributed by atoms with E-state index in [2.05, 4.69) is 30.1 Å². The van der Waals surface area contributed by atoms with E-state index in [9.17, 15) is 41.2 Å². The maximum atomic E-state index is 13.0. The standard InChI is InChI=1S/C29H20F6N8O4S/c1-16-2-3-18(12-46-14-28(30,31)32)22(8-16)43-24(44)13-48-27(43)40-26(45)39-21-6-4-17(9-19(21)10-36)25-38-15-42(41-25)23-7-5-20(11-37-23)47-29(33,34)35/h2-9,11,15H,12-14H2,1H3,(H,39,45)/b40-27-. The molecule has 0 radical (unpaired) electrons. The predicted molar refractivity (Wildman–Crippen MR) is 159 cm³/mol. The summed E-state index contributed by atoms with van der Waals surface area (Å²) in [5, 5.41) is 16.4. The van der Waals surface area contributed by atoms with Crippen molar-refractivity contribution in [2.24, 2.45) is 4.99 Å². The molecule has 3 heterocycles. The number of aromatic nitrogens is 4. The third kappa shape index (κ3) is 8.45. The molecule has 3 amide bonds. The van der Waals surface area contributed by atoms with Crippen molar-refractivity contribution in [3.63, 3.8) is 0 Å². The Bertz CT molecular complexity index is 1920. The number of anilines is 2. The fourth-order valence-electron chi connectivity index (χ4n) is 4.29. The number of aliphatic imine (C=N–C) groups is 1. The minimum Gasteiger partial charge on any atom is -0.404 e. The average Bonchev–Trinajstić information content (AvgIpc) is 3.64. The lowest BCUT2D eigenvalue weighted by Gasteiger charge is -2.21. The molecule has 1 fully saturated rings. The fraction of sp³-hybridized carbons (Fsp3) is 0.207. The number of nitriles is 1. The van der Waals surface area contributed by atoms with Crippen LogP contribution in [-0.2, 0) is 16.1 Å². The van der Waals surface area contributed by atoms with E-state index < -0.39 is 43.4 Å². The molecule has 1 N–H and O–H groups in total. The van der Waals surface area contributed by atoms with Gasteiger partial charge in [0.2, 0.25) is 5.91 Å².